The Kier molecular flexibility index (Phi) is 39.9. The minimum Gasteiger partial charge on any atom is -0.756 e. The average Bonchev–Trinajstić information content (AvgIpc) is 3.14. The van der Waals surface area contributed by atoms with Gasteiger partial charge in [-0.05, 0) is 6.42 Å². The number of likely N-dealkylation sites (N-methyl/N-ethyl adjacent to an activating group) is 1. The lowest BCUT2D eigenvalue weighted by Gasteiger charge is -2.27. The molecule has 0 spiro atoms. The first-order valence-electron chi connectivity index (χ1n) is 23.8. The molecule has 55 heavy (non-hydrogen) atoms. The second kappa shape index (κ2) is 40.3. The van der Waals surface area contributed by atoms with Crippen LogP contribution in [0.15, 0.2) is 0 Å². The van der Waals surface area contributed by atoms with E-state index in [4.69, 9.17) is 13.8 Å². The van der Waals surface area contributed by atoms with E-state index in [9.17, 15) is 19.4 Å². The number of rotatable bonds is 45. The van der Waals surface area contributed by atoms with Crippen molar-refractivity contribution in [3.63, 3.8) is 0 Å². The first-order chi connectivity index (χ1) is 26.6. The summed E-state index contributed by atoms with van der Waals surface area (Å²) in [6, 6.07) is 0. The Balaban J connectivity index is 3.27. The molecule has 0 saturated carbocycles. The van der Waals surface area contributed by atoms with E-state index < -0.39 is 20.5 Å². The first kappa shape index (κ1) is 54.5. The number of phosphoric ester groups is 1. The third-order valence-electron chi connectivity index (χ3n) is 10.9. The molecule has 0 saturated heterocycles. The topological polar surface area (TPSA) is 105 Å². The Hall–Kier alpha value is -0.500. The fourth-order valence-corrected chi connectivity index (χ4v) is 7.86. The van der Waals surface area contributed by atoms with E-state index in [-0.39, 0.29) is 19.2 Å². The molecular formula is C46H94NO7P. The predicted octanol–water partition coefficient (Wildman–Crippen LogP) is 13.2. The molecule has 0 aromatic rings. The maximum atomic E-state index is 11.9. The van der Waals surface area contributed by atoms with Crippen molar-refractivity contribution in [3.8, 4) is 0 Å². The summed E-state index contributed by atoms with van der Waals surface area (Å²) >= 11 is 0. The Morgan fingerprint density at radius 3 is 1.09 bits per heavy atom. The first-order valence-corrected chi connectivity index (χ1v) is 25.3. The molecule has 0 fully saturated rings. The number of aliphatic hydroxyl groups excluding tert-OH is 1. The lowest BCUT2D eigenvalue weighted by molar-refractivity contribution is -0.870. The molecule has 8 nitrogen and oxygen atoms in total. The Morgan fingerprint density at radius 2 is 0.800 bits per heavy atom. The van der Waals surface area contributed by atoms with Gasteiger partial charge in [-0.3, -0.25) is 9.36 Å². The highest BCUT2D eigenvalue weighted by atomic mass is 31.2. The van der Waals surface area contributed by atoms with E-state index in [2.05, 4.69) is 6.92 Å². The fourth-order valence-electron chi connectivity index (χ4n) is 7.13. The number of nitrogens with zero attached hydrogens (tertiary/aromatic N) is 1. The van der Waals surface area contributed by atoms with Crippen molar-refractivity contribution < 1.29 is 37.6 Å². The molecule has 0 aliphatic heterocycles. The van der Waals surface area contributed by atoms with Crippen LogP contribution in [-0.4, -0.2) is 69.2 Å². The van der Waals surface area contributed by atoms with E-state index >= 15 is 0 Å². The quantitative estimate of drug-likeness (QED) is 0.0283. The van der Waals surface area contributed by atoms with Crippen LogP contribution in [0.3, 0.4) is 0 Å². The van der Waals surface area contributed by atoms with Crippen molar-refractivity contribution in [3.05, 3.63) is 0 Å². The van der Waals surface area contributed by atoms with Gasteiger partial charge in [-0.25, -0.2) is 0 Å². The summed E-state index contributed by atoms with van der Waals surface area (Å²) in [7, 11) is 1.27. The number of carbonyl (C=O) groups is 1. The number of carbonyl (C=O) groups excluding carboxylic acids is 1. The molecule has 0 bridgehead atoms. The van der Waals surface area contributed by atoms with Crippen molar-refractivity contribution in [1.82, 2.24) is 0 Å². The summed E-state index contributed by atoms with van der Waals surface area (Å²) in [4.78, 5) is 23.7. The molecule has 0 heterocycles. The molecular weight excluding hydrogens is 709 g/mol. The van der Waals surface area contributed by atoms with Crippen molar-refractivity contribution in [2.24, 2.45) is 0 Å². The second-order valence-corrected chi connectivity index (χ2v) is 19.1. The summed E-state index contributed by atoms with van der Waals surface area (Å²) in [6.07, 6.45) is 47.4. The highest BCUT2D eigenvalue weighted by molar-refractivity contribution is 7.45. The minimum atomic E-state index is -4.50. The van der Waals surface area contributed by atoms with Gasteiger partial charge in [0.1, 0.15) is 25.9 Å². The van der Waals surface area contributed by atoms with Crippen molar-refractivity contribution in [2.75, 3.05) is 47.5 Å². The summed E-state index contributed by atoms with van der Waals surface area (Å²) in [5.41, 5.74) is 0. The number of quaternary nitrogens is 1. The van der Waals surface area contributed by atoms with E-state index in [0.717, 1.165) is 19.3 Å². The number of ether oxygens (including phenoxy) is 1. The number of phosphoric acid groups is 1. The van der Waals surface area contributed by atoms with Gasteiger partial charge in [-0.2, -0.15) is 0 Å². The SMILES string of the molecule is CCCCCCCCCCCCCCCCCCCCCCCCCCCCCCCCCCCCCC(=O)OCC(O)COP(=O)([O-])OCC[N+](C)(C)C. The zero-order valence-corrected chi connectivity index (χ0v) is 38.0. The summed E-state index contributed by atoms with van der Waals surface area (Å²) < 4.78 is 26.9. The van der Waals surface area contributed by atoms with E-state index in [1.165, 1.54) is 205 Å². The largest absolute Gasteiger partial charge is 0.756 e. The van der Waals surface area contributed by atoms with Gasteiger partial charge in [0, 0.05) is 6.42 Å². The van der Waals surface area contributed by atoms with Crippen LogP contribution in [-0.2, 0) is 23.1 Å². The molecule has 0 radical (unpaired) electrons. The van der Waals surface area contributed by atoms with Gasteiger partial charge >= 0.3 is 5.97 Å². The lowest BCUT2D eigenvalue weighted by atomic mass is 10.0. The molecule has 330 valence electrons. The molecule has 0 aromatic carbocycles. The zero-order chi connectivity index (χ0) is 40.6. The third-order valence-corrected chi connectivity index (χ3v) is 11.8. The van der Waals surface area contributed by atoms with E-state index in [1.807, 2.05) is 21.1 Å². The molecule has 9 heteroatoms. The van der Waals surface area contributed by atoms with Gasteiger partial charge in [0.05, 0.1) is 27.7 Å². The molecule has 0 aliphatic rings. The highest BCUT2D eigenvalue weighted by Gasteiger charge is 2.17. The summed E-state index contributed by atoms with van der Waals surface area (Å²) in [6.45, 7) is 1.99. The monoisotopic (exact) mass is 804 g/mol. The molecule has 2 atom stereocenters. The van der Waals surface area contributed by atoms with Crippen LogP contribution < -0.4 is 4.89 Å². The molecule has 2 unspecified atom stereocenters. The van der Waals surface area contributed by atoms with E-state index in [0.29, 0.717) is 17.4 Å². The van der Waals surface area contributed by atoms with Crippen LogP contribution in [0, 0.1) is 0 Å². The molecule has 0 amide bonds. The lowest BCUT2D eigenvalue weighted by Crippen LogP contribution is -2.37. The normalized spacial score (nSPS) is 13.6. The van der Waals surface area contributed by atoms with Gasteiger partial charge in [0.15, 0.2) is 0 Å². The van der Waals surface area contributed by atoms with Gasteiger partial charge in [0.2, 0.25) is 0 Å². The van der Waals surface area contributed by atoms with Crippen LogP contribution in [0.1, 0.15) is 238 Å². The standard InChI is InChI=1S/C46H94NO7P/c1-5-6-7-8-9-10-11-12-13-14-15-16-17-18-19-20-21-22-23-24-25-26-27-28-29-30-31-32-33-34-35-36-37-38-39-40-46(49)52-43-45(48)44-54-55(50,51)53-42-41-47(2,3)4/h45,48H,5-44H2,1-4H3. The van der Waals surface area contributed by atoms with Gasteiger partial charge in [-0.1, -0.05) is 225 Å². The summed E-state index contributed by atoms with van der Waals surface area (Å²) in [5.74, 6) is -0.380. The molecule has 0 aromatic heterocycles. The van der Waals surface area contributed by atoms with Crippen LogP contribution in [0.2, 0.25) is 0 Å². The molecule has 0 rings (SSSR count). The smallest absolute Gasteiger partial charge is 0.305 e. The van der Waals surface area contributed by atoms with Crippen LogP contribution in [0.4, 0.5) is 0 Å². The van der Waals surface area contributed by atoms with Gasteiger partial charge in [-0.15, -0.1) is 0 Å². The Labute approximate surface area is 342 Å². The fraction of sp³-hybridized carbons (Fsp3) is 0.978. The molecule has 1 N–H and O–H groups in total. The third kappa shape index (κ3) is 46.1. The maximum Gasteiger partial charge on any atom is 0.305 e. The minimum absolute atomic E-state index is 0.00484. The predicted molar refractivity (Wildman–Crippen MR) is 231 cm³/mol. The van der Waals surface area contributed by atoms with Crippen LogP contribution in [0.25, 0.3) is 0 Å². The van der Waals surface area contributed by atoms with Gasteiger partial charge < -0.3 is 28.3 Å². The number of esters is 1. The Bertz CT molecular complexity index is 853. The summed E-state index contributed by atoms with van der Waals surface area (Å²) in [5, 5.41) is 9.89. The van der Waals surface area contributed by atoms with Crippen molar-refractivity contribution >= 4 is 13.8 Å². The van der Waals surface area contributed by atoms with E-state index in [1.54, 1.807) is 0 Å². The van der Waals surface area contributed by atoms with Gasteiger partial charge in [0.25, 0.3) is 7.82 Å². The number of aliphatic hydroxyl groups is 1. The maximum absolute atomic E-state index is 11.9. The zero-order valence-electron chi connectivity index (χ0n) is 37.2. The van der Waals surface area contributed by atoms with Crippen LogP contribution >= 0.6 is 7.82 Å². The molecule has 0 aliphatic carbocycles. The number of hydrogen-bond donors (Lipinski definition) is 1. The average molecular weight is 804 g/mol. The van der Waals surface area contributed by atoms with Crippen LogP contribution in [0.5, 0.6) is 0 Å². The van der Waals surface area contributed by atoms with Crippen molar-refractivity contribution in [1.29, 1.82) is 0 Å². The highest BCUT2D eigenvalue weighted by Crippen LogP contribution is 2.38. The van der Waals surface area contributed by atoms with Crippen molar-refractivity contribution in [2.45, 2.75) is 244 Å². The number of unbranched alkanes of at least 4 members (excludes halogenated alkanes) is 34. The second-order valence-electron chi connectivity index (χ2n) is 17.7. The Morgan fingerprint density at radius 1 is 0.509 bits per heavy atom. The number of hydrogen-bond acceptors (Lipinski definition) is 7.